The van der Waals surface area contributed by atoms with E-state index >= 15 is 0 Å². The van der Waals surface area contributed by atoms with Gasteiger partial charge < -0.3 is 4.57 Å². The topological polar surface area (TPSA) is 95.3 Å². The maximum absolute atomic E-state index is 13.3. The van der Waals surface area contributed by atoms with E-state index in [0.29, 0.717) is 16.7 Å². The standard InChI is InChI=1S/C23H20BrN5O3/c1-3-15(2)22-26-21-11-6-16(24)13-20(21)23(30)28(22)25-14-19-5-4-12-27(19)17-7-9-18(10-8-17)29(31)32/h4-15H,3H2,1-2H3/t15-/m0/s1. The van der Waals surface area contributed by atoms with E-state index < -0.39 is 4.92 Å². The van der Waals surface area contributed by atoms with Gasteiger partial charge in [0.2, 0.25) is 0 Å². The van der Waals surface area contributed by atoms with Crippen LogP contribution in [0.15, 0.2) is 75.2 Å². The minimum Gasteiger partial charge on any atom is -0.316 e. The van der Waals surface area contributed by atoms with Crippen molar-refractivity contribution in [2.24, 2.45) is 5.10 Å². The van der Waals surface area contributed by atoms with Crippen molar-refractivity contribution in [2.75, 3.05) is 0 Å². The fourth-order valence-corrected chi connectivity index (χ4v) is 3.73. The zero-order chi connectivity index (χ0) is 22.8. The van der Waals surface area contributed by atoms with E-state index in [1.165, 1.54) is 16.8 Å². The minimum absolute atomic E-state index is 0.0225. The zero-order valence-electron chi connectivity index (χ0n) is 17.5. The van der Waals surface area contributed by atoms with Crippen molar-refractivity contribution >= 4 is 38.7 Å². The molecule has 8 nitrogen and oxygen atoms in total. The van der Waals surface area contributed by atoms with Gasteiger partial charge in [0.05, 0.1) is 27.7 Å². The molecule has 4 aromatic rings. The molecular formula is C23H20BrN5O3. The van der Waals surface area contributed by atoms with Crippen LogP contribution in [0.3, 0.4) is 0 Å². The molecule has 0 fully saturated rings. The fraction of sp³-hybridized carbons (Fsp3) is 0.174. The second-order valence-electron chi connectivity index (χ2n) is 7.38. The third-order valence-corrected chi connectivity index (χ3v) is 5.80. The molecule has 0 N–H and O–H groups in total. The molecule has 2 aromatic carbocycles. The van der Waals surface area contributed by atoms with Crippen molar-refractivity contribution in [2.45, 2.75) is 26.2 Å². The van der Waals surface area contributed by atoms with Crippen molar-refractivity contribution in [3.63, 3.8) is 0 Å². The number of non-ortho nitro benzene ring substituents is 1. The molecule has 2 aromatic heterocycles. The van der Waals surface area contributed by atoms with Crippen molar-refractivity contribution in [1.29, 1.82) is 0 Å². The van der Waals surface area contributed by atoms with Gasteiger partial charge in [0.15, 0.2) is 0 Å². The molecule has 1 atom stereocenters. The predicted octanol–water partition coefficient (Wildman–Crippen LogP) is 5.25. The molecule has 0 radical (unpaired) electrons. The van der Waals surface area contributed by atoms with E-state index in [1.54, 1.807) is 24.4 Å². The molecule has 0 aliphatic rings. The molecule has 0 spiro atoms. The molecule has 0 saturated carbocycles. The van der Waals surface area contributed by atoms with Crippen molar-refractivity contribution in [3.05, 3.63) is 97.3 Å². The second kappa shape index (κ2) is 8.88. The first kappa shape index (κ1) is 21.6. The largest absolute Gasteiger partial charge is 0.316 e. The van der Waals surface area contributed by atoms with Crippen molar-refractivity contribution in [3.8, 4) is 5.69 Å². The van der Waals surface area contributed by atoms with Crippen LogP contribution in [0.5, 0.6) is 0 Å². The second-order valence-corrected chi connectivity index (χ2v) is 8.29. The number of nitro groups is 1. The van der Waals surface area contributed by atoms with Crippen LogP contribution in [-0.4, -0.2) is 25.4 Å². The Bertz CT molecular complexity index is 1390. The van der Waals surface area contributed by atoms with Gasteiger partial charge in [0.1, 0.15) is 5.82 Å². The fourth-order valence-electron chi connectivity index (χ4n) is 3.37. The van der Waals surface area contributed by atoms with Crippen LogP contribution in [0, 0.1) is 10.1 Å². The lowest BCUT2D eigenvalue weighted by Gasteiger charge is -2.14. The molecule has 9 heteroatoms. The van der Waals surface area contributed by atoms with Crippen LogP contribution in [0.4, 0.5) is 5.69 Å². The highest BCUT2D eigenvalue weighted by Crippen LogP contribution is 2.21. The highest BCUT2D eigenvalue weighted by Gasteiger charge is 2.16. The number of nitrogens with zero attached hydrogens (tertiary/aromatic N) is 5. The summed E-state index contributed by atoms with van der Waals surface area (Å²) in [4.78, 5) is 28.5. The van der Waals surface area contributed by atoms with Gasteiger partial charge in [0, 0.05) is 34.4 Å². The monoisotopic (exact) mass is 493 g/mol. The normalized spacial score (nSPS) is 12.5. The van der Waals surface area contributed by atoms with Crippen LogP contribution in [0.25, 0.3) is 16.6 Å². The van der Waals surface area contributed by atoms with Crippen LogP contribution in [0.2, 0.25) is 0 Å². The number of benzene rings is 2. The number of aromatic nitrogens is 3. The average molecular weight is 494 g/mol. The third-order valence-electron chi connectivity index (χ3n) is 5.31. The van der Waals surface area contributed by atoms with E-state index in [2.05, 4.69) is 21.0 Å². The quantitative estimate of drug-likeness (QED) is 0.208. The van der Waals surface area contributed by atoms with Crippen LogP contribution >= 0.6 is 15.9 Å². The lowest BCUT2D eigenvalue weighted by molar-refractivity contribution is -0.384. The first-order chi connectivity index (χ1) is 15.4. The van der Waals surface area contributed by atoms with Gasteiger partial charge in [-0.1, -0.05) is 29.8 Å². The highest BCUT2D eigenvalue weighted by molar-refractivity contribution is 9.10. The molecule has 0 bridgehead atoms. The Morgan fingerprint density at radius 3 is 2.66 bits per heavy atom. The summed E-state index contributed by atoms with van der Waals surface area (Å²) in [5.74, 6) is 0.631. The van der Waals surface area contributed by atoms with E-state index in [9.17, 15) is 14.9 Å². The van der Waals surface area contributed by atoms with Gasteiger partial charge in [0.25, 0.3) is 11.2 Å². The Labute approximate surface area is 192 Å². The van der Waals surface area contributed by atoms with Gasteiger partial charge in [-0.05, 0) is 48.9 Å². The Balaban J connectivity index is 1.80. The van der Waals surface area contributed by atoms with Gasteiger partial charge in [-0.3, -0.25) is 14.9 Å². The maximum Gasteiger partial charge on any atom is 0.282 e. The van der Waals surface area contributed by atoms with E-state index in [-0.39, 0.29) is 17.2 Å². The van der Waals surface area contributed by atoms with Gasteiger partial charge >= 0.3 is 0 Å². The summed E-state index contributed by atoms with van der Waals surface area (Å²) in [6, 6.07) is 15.4. The Morgan fingerprint density at radius 2 is 1.97 bits per heavy atom. The number of nitro benzene ring substituents is 1. The van der Waals surface area contributed by atoms with E-state index in [0.717, 1.165) is 22.3 Å². The summed E-state index contributed by atoms with van der Waals surface area (Å²) >= 11 is 3.41. The number of halogens is 1. The first-order valence-electron chi connectivity index (χ1n) is 10.1. The van der Waals surface area contributed by atoms with Crippen LogP contribution < -0.4 is 5.56 Å². The zero-order valence-corrected chi connectivity index (χ0v) is 19.1. The predicted molar refractivity (Wildman–Crippen MR) is 128 cm³/mol. The average Bonchev–Trinajstić information content (AvgIpc) is 3.26. The molecular weight excluding hydrogens is 474 g/mol. The molecule has 2 heterocycles. The molecule has 4 rings (SSSR count). The lowest BCUT2D eigenvalue weighted by atomic mass is 10.1. The summed E-state index contributed by atoms with van der Waals surface area (Å²) in [5.41, 5.74) is 1.88. The summed E-state index contributed by atoms with van der Waals surface area (Å²) in [6.45, 7) is 4.05. The summed E-state index contributed by atoms with van der Waals surface area (Å²) in [5, 5.41) is 15.9. The third kappa shape index (κ3) is 4.11. The number of fused-ring (bicyclic) bond motifs is 1. The van der Waals surface area contributed by atoms with Crippen LogP contribution in [0.1, 0.15) is 37.7 Å². The highest BCUT2D eigenvalue weighted by atomic mass is 79.9. The molecule has 0 amide bonds. The molecule has 162 valence electrons. The van der Waals surface area contributed by atoms with Crippen LogP contribution in [-0.2, 0) is 0 Å². The van der Waals surface area contributed by atoms with E-state index in [1.807, 2.05) is 48.9 Å². The summed E-state index contributed by atoms with van der Waals surface area (Å²) in [6.07, 6.45) is 4.24. The SMILES string of the molecule is CC[C@H](C)c1nc2ccc(Br)cc2c(=O)n1N=Cc1cccn1-c1ccc([N+](=O)[O-])cc1. The summed E-state index contributed by atoms with van der Waals surface area (Å²) in [7, 11) is 0. The van der Waals surface area contributed by atoms with Crippen molar-refractivity contribution < 1.29 is 4.92 Å². The lowest BCUT2D eigenvalue weighted by Crippen LogP contribution is -2.23. The first-order valence-corrected chi connectivity index (χ1v) is 10.9. The molecule has 0 saturated heterocycles. The number of hydrogen-bond acceptors (Lipinski definition) is 5. The molecule has 0 aliphatic heterocycles. The smallest absolute Gasteiger partial charge is 0.282 e. The summed E-state index contributed by atoms with van der Waals surface area (Å²) < 4.78 is 3.99. The van der Waals surface area contributed by atoms with Crippen molar-refractivity contribution in [1.82, 2.24) is 14.2 Å². The molecule has 32 heavy (non-hydrogen) atoms. The molecule has 0 aliphatic carbocycles. The molecule has 0 unspecified atom stereocenters. The van der Waals surface area contributed by atoms with Gasteiger partial charge in [-0.25, -0.2) is 4.98 Å². The minimum atomic E-state index is -0.435. The van der Waals surface area contributed by atoms with E-state index in [4.69, 9.17) is 4.98 Å². The maximum atomic E-state index is 13.3. The Hall–Kier alpha value is -3.59. The van der Waals surface area contributed by atoms with Gasteiger partial charge in [-0.15, -0.1) is 0 Å². The number of rotatable bonds is 6. The number of hydrogen-bond donors (Lipinski definition) is 0. The van der Waals surface area contributed by atoms with Gasteiger partial charge in [-0.2, -0.15) is 9.78 Å². The Morgan fingerprint density at radius 1 is 1.22 bits per heavy atom. The Kier molecular flexibility index (Phi) is 6.00.